The molecule has 0 saturated carbocycles. The number of sulfonamides is 1. The minimum Gasteiger partial charge on any atom is -0.379 e. The number of hydrogen-bond acceptors (Lipinski definition) is 5. The van der Waals surface area contributed by atoms with Crippen molar-refractivity contribution in [2.75, 3.05) is 11.0 Å². The average Bonchev–Trinajstić information content (AvgIpc) is 2.39. The molecule has 0 aliphatic rings. The standard InChI is InChI=1S/C14H15NO5S2/c1-11-3-9-14(10-4-11)22(18,19)20-13-7-5-12(6-8-13)15-21(2,16)17/h3-10,15H,1-2H3. The third kappa shape index (κ3) is 4.47. The summed E-state index contributed by atoms with van der Waals surface area (Å²) in [5, 5.41) is 0. The highest BCUT2D eigenvalue weighted by Crippen LogP contribution is 2.21. The Hall–Kier alpha value is -2.06. The number of nitrogens with one attached hydrogen (secondary N) is 1. The van der Waals surface area contributed by atoms with Crippen LogP contribution in [0.15, 0.2) is 53.4 Å². The maximum absolute atomic E-state index is 12.1. The third-order valence-corrected chi connectivity index (χ3v) is 4.54. The van der Waals surface area contributed by atoms with Crippen LogP contribution >= 0.6 is 0 Å². The van der Waals surface area contributed by atoms with Crippen molar-refractivity contribution in [3.05, 3.63) is 54.1 Å². The Kier molecular flexibility index (Phi) is 4.43. The Morgan fingerprint density at radius 3 is 1.91 bits per heavy atom. The quantitative estimate of drug-likeness (QED) is 0.842. The minimum absolute atomic E-state index is 0.0523. The molecule has 22 heavy (non-hydrogen) atoms. The van der Waals surface area contributed by atoms with Gasteiger partial charge in [-0.2, -0.15) is 8.42 Å². The Bertz CT molecular complexity index is 854. The molecular formula is C14H15NO5S2. The fourth-order valence-electron chi connectivity index (χ4n) is 1.67. The van der Waals surface area contributed by atoms with Gasteiger partial charge in [-0.3, -0.25) is 4.72 Å². The lowest BCUT2D eigenvalue weighted by atomic mass is 10.2. The van der Waals surface area contributed by atoms with Crippen molar-refractivity contribution in [2.24, 2.45) is 0 Å². The van der Waals surface area contributed by atoms with Crippen LogP contribution in [0.4, 0.5) is 5.69 Å². The molecule has 0 bridgehead atoms. The van der Waals surface area contributed by atoms with Gasteiger partial charge in [0.15, 0.2) is 0 Å². The molecule has 2 aromatic carbocycles. The van der Waals surface area contributed by atoms with E-state index in [4.69, 9.17) is 4.18 Å². The van der Waals surface area contributed by atoms with Crippen molar-refractivity contribution in [1.82, 2.24) is 0 Å². The first-order valence-electron chi connectivity index (χ1n) is 6.25. The number of aryl methyl sites for hydroxylation is 1. The highest BCUT2D eigenvalue weighted by atomic mass is 32.2. The van der Waals surface area contributed by atoms with Crippen molar-refractivity contribution in [2.45, 2.75) is 11.8 Å². The molecule has 6 nitrogen and oxygen atoms in total. The number of anilines is 1. The number of hydrogen-bond donors (Lipinski definition) is 1. The van der Waals surface area contributed by atoms with Gasteiger partial charge in [-0.15, -0.1) is 0 Å². The van der Waals surface area contributed by atoms with Gasteiger partial charge in [0.25, 0.3) is 0 Å². The Balaban J connectivity index is 2.18. The van der Waals surface area contributed by atoms with Crippen LogP contribution in [0, 0.1) is 6.92 Å². The topological polar surface area (TPSA) is 89.5 Å². The predicted molar refractivity (Wildman–Crippen MR) is 83.9 cm³/mol. The van der Waals surface area contributed by atoms with E-state index in [9.17, 15) is 16.8 Å². The van der Waals surface area contributed by atoms with Gasteiger partial charge in [0.2, 0.25) is 10.0 Å². The molecule has 0 aliphatic carbocycles. The lowest BCUT2D eigenvalue weighted by molar-refractivity contribution is 0.486. The average molecular weight is 341 g/mol. The summed E-state index contributed by atoms with van der Waals surface area (Å²) in [6.07, 6.45) is 1.03. The smallest absolute Gasteiger partial charge is 0.339 e. The molecule has 0 aliphatic heterocycles. The predicted octanol–water partition coefficient (Wildman–Crippen LogP) is 2.13. The van der Waals surface area contributed by atoms with Crippen molar-refractivity contribution >= 4 is 25.8 Å². The summed E-state index contributed by atoms with van der Waals surface area (Å²) in [4.78, 5) is 0.0523. The molecule has 2 aromatic rings. The third-order valence-electron chi connectivity index (χ3n) is 2.67. The zero-order valence-corrected chi connectivity index (χ0v) is 13.6. The molecule has 0 aromatic heterocycles. The first kappa shape index (κ1) is 16.3. The Labute approximate surface area is 129 Å². The highest BCUT2D eigenvalue weighted by Gasteiger charge is 2.16. The van der Waals surface area contributed by atoms with E-state index >= 15 is 0 Å². The molecule has 0 spiro atoms. The molecule has 0 amide bonds. The van der Waals surface area contributed by atoms with E-state index in [-0.39, 0.29) is 10.6 Å². The molecule has 118 valence electrons. The van der Waals surface area contributed by atoms with Crippen LogP contribution in [0.1, 0.15) is 5.56 Å². The Morgan fingerprint density at radius 2 is 1.41 bits per heavy atom. The molecule has 0 radical (unpaired) electrons. The van der Waals surface area contributed by atoms with Gasteiger partial charge >= 0.3 is 10.1 Å². The van der Waals surface area contributed by atoms with Crippen molar-refractivity contribution < 1.29 is 21.0 Å². The molecule has 0 fully saturated rings. The summed E-state index contributed by atoms with van der Waals surface area (Å²) < 4.78 is 53.6. The van der Waals surface area contributed by atoms with Crippen LogP contribution in [0.2, 0.25) is 0 Å². The molecule has 0 unspecified atom stereocenters. The van der Waals surface area contributed by atoms with Crippen LogP contribution in [0.25, 0.3) is 0 Å². The maximum atomic E-state index is 12.1. The summed E-state index contributed by atoms with van der Waals surface area (Å²) in [5.74, 6) is 0.0969. The summed E-state index contributed by atoms with van der Waals surface area (Å²) >= 11 is 0. The normalized spacial score (nSPS) is 11.9. The monoisotopic (exact) mass is 341 g/mol. The highest BCUT2D eigenvalue weighted by molar-refractivity contribution is 7.92. The van der Waals surface area contributed by atoms with Gasteiger partial charge in [0, 0.05) is 5.69 Å². The van der Waals surface area contributed by atoms with E-state index in [2.05, 4.69) is 4.72 Å². The van der Waals surface area contributed by atoms with Crippen LogP contribution in [-0.4, -0.2) is 23.1 Å². The van der Waals surface area contributed by atoms with E-state index < -0.39 is 20.1 Å². The van der Waals surface area contributed by atoms with E-state index in [0.29, 0.717) is 5.69 Å². The van der Waals surface area contributed by atoms with Gasteiger partial charge in [-0.25, -0.2) is 8.42 Å². The summed E-state index contributed by atoms with van der Waals surface area (Å²) in [6, 6.07) is 11.9. The molecule has 0 heterocycles. The lowest BCUT2D eigenvalue weighted by Crippen LogP contribution is -2.11. The van der Waals surface area contributed by atoms with Crippen LogP contribution in [0.5, 0.6) is 5.75 Å². The van der Waals surface area contributed by atoms with Crippen LogP contribution in [0.3, 0.4) is 0 Å². The van der Waals surface area contributed by atoms with Gasteiger partial charge in [-0.05, 0) is 43.3 Å². The van der Waals surface area contributed by atoms with E-state index in [0.717, 1.165) is 11.8 Å². The van der Waals surface area contributed by atoms with E-state index in [1.165, 1.54) is 36.4 Å². The van der Waals surface area contributed by atoms with Gasteiger partial charge < -0.3 is 4.18 Å². The molecular weight excluding hydrogens is 326 g/mol. The summed E-state index contributed by atoms with van der Waals surface area (Å²) in [5.41, 5.74) is 1.26. The molecule has 8 heteroatoms. The van der Waals surface area contributed by atoms with Crippen molar-refractivity contribution in [3.63, 3.8) is 0 Å². The zero-order valence-electron chi connectivity index (χ0n) is 12.0. The fourth-order valence-corrected chi connectivity index (χ4v) is 3.17. The van der Waals surface area contributed by atoms with Crippen LogP contribution in [-0.2, 0) is 20.1 Å². The second-order valence-corrected chi connectivity index (χ2v) is 8.04. The Morgan fingerprint density at radius 1 is 0.864 bits per heavy atom. The SMILES string of the molecule is Cc1ccc(S(=O)(=O)Oc2ccc(NS(C)(=O)=O)cc2)cc1. The fraction of sp³-hybridized carbons (Fsp3) is 0.143. The van der Waals surface area contributed by atoms with Gasteiger partial charge in [-0.1, -0.05) is 17.7 Å². The van der Waals surface area contributed by atoms with Crippen molar-refractivity contribution in [1.29, 1.82) is 0 Å². The first-order chi connectivity index (χ1) is 10.2. The van der Waals surface area contributed by atoms with Gasteiger partial charge in [0.1, 0.15) is 10.6 Å². The second kappa shape index (κ2) is 5.98. The number of rotatable bonds is 5. The maximum Gasteiger partial charge on any atom is 0.339 e. The molecule has 0 saturated heterocycles. The first-order valence-corrected chi connectivity index (χ1v) is 9.55. The van der Waals surface area contributed by atoms with Crippen LogP contribution < -0.4 is 8.91 Å². The minimum atomic E-state index is -3.92. The second-order valence-electron chi connectivity index (χ2n) is 4.75. The molecule has 0 atom stereocenters. The van der Waals surface area contributed by atoms with Gasteiger partial charge in [0.05, 0.1) is 6.26 Å². The van der Waals surface area contributed by atoms with Crippen molar-refractivity contribution in [3.8, 4) is 5.75 Å². The van der Waals surface area contributed by atoms with E-state index in [1.54, 1.807) is 12.1 Å². The number of benzene rings is 2. The molecule has 1 N–H and O–H groups in total. The largest absolute Gasteiger partial charge is 0.379 e. The summed E-state index contributed by atoms with van der Waals surface area (Å²) in [7, 11) is -7.30. The molecule has 2 rings (SSSR count). The lowest BCUT2D eigenvalue weighted by Gasteiger charge is -2.08. The van der Waals surface area contributed by atoms with E-state index in [1.807, 2.05) is 6.92 Å². The zero-order chi connectivity index (χ0) is 16.4. The summed E-state index contributed by atoms with van der Waals surface area (Å²) in [6.45, 7) is 1.85.